The average molecular weight is 304 g/mol. The van der Waals surface area contributed by atoms with Gasteiger partial charge in [-0.1, -0.05) is 0 Å². The molecule has 0 amide bonds. The summed E-state index contributed by atoms with van der Waals surface area (Å²) in [5, 5.41) is 0.736. The Morgan fingerprint density at radius 3 is 1.78 bits per heavy atom. The van der Waals surface area contributed by atoms with Gasteiger partial charge in [0.15, 0.2) is 0 Å². The second-order valence-corrected chi connectivity index (χ2v) is 3.06. The van der Waals surface area contributed by atoms with Gasteiger partial charge in [0.2, 0.25) is 0 Å². The van der Waals surface area contributed by atoms with Crippen LogP contribution in [0.3, 0.4) is 0 Å². The molecule has 0 unspecified atom stereocenters. The summed E-state index contributed by atoms with van der Waals surface area (Å²) < 4.78 is 33.8. The van der Waals surface area contributed by atoms with Crippen LogP contribution >= 0.6 is 24.0 Å². The van der Waals surface area contributed by atoms with E-state index in [4.69, 9.17) is 0 Å². The van der Waals surface area contributed by atoms with Crippen molar-refractivity contribution in [1.29, 1.82) is 0 Å². The molecule has 0 bridgehead atoms. The van der Waals surface area contributed by atoms with Gasteiger partial charge in [0.1, 0.15) is 0 Å². The molecule has 0 heterocycles. The van der Waals surface area contributed by atoms with Gasteiger partial charge in [0.25, 0.3) is 0 Å². The van der Waals surface area contributed by atoms with Crippen LogP contribution in [0.4, 0.5) is 13.2 Å². The van der Waals surface area contributed by atoms with E-state index in [0.29, 0.717) is 6.42 Å². The van der Waals surface area contributed by atoms with E-state index in [2.05, 4.69) is 0 Å². The molecule has 0 aromatic heterocycles. The zero-order chi connectivity index (χ0) is 6.62. The molecule has 0 aliphatic carbocycles. The van der Waals surface area contributed by atoms with Crippen LogP contribution in [0.2, 0.25) is 5.02 Å². The van der Waals surface area contributed by atoms with Crippen molar-refractivity contribution in [3.8, 4) is 0 Å². The minimum absolute atomic E-state index is 0. The maximum atomic E-state index is 11.3. The zero-order valence-electron chi connectivity index (χ0n) is 4.87. The number of rotatable bonds is 2. The Balaban J connectivity index is 0. The monoisotopic (exact) mass is 303 g/mol. The summed E-state index contributed by atoms with van der Waals surface area (Å²) in [4.78, 5) is 0. The van der Waals surface area contributed by atoms with Gasteiger partial charge < -0.3 is 0 Å². The number of hydrogen-bond acceptors (Lipinski definition) is 0. The molecule has 0 aliphatic heterocycles. The van der Waals surface area contributed by atoms with Crippen LogP contribution in [-0.4, -0.2) is 6.18 Å². The molecule has 0 rings (SSSR count). The van der Waals surface area contributed by atoms with E-state index in [0.717, 1.165) is 23.3 Å². The second-order valence-electron chi connectivity index (χ2n) is 1.57. The van der Waals surface area contributed by atoms with E-state index >= 15 is 0 Å². The van der Waals surface area contributed by atoms with Gasteiger partial charge in [-0.2, -0.15) is 0 Å². The molecular formula is C4H7F3IZn. The van der Waals surface area contributed by atoms with Crippen molar-refractivity contribution in [3.05, 3.63) is 0 Å². The predicted molar refractivity (Wildman–Crippen MR) is 35.5 cm³/mol. The third kappa shape index (κ3) is 12.4. The quantitative estimate of drug-likeness (QED) is 0.543. The maximum absolute atomic E-state index is 11.3. The molecular weight excluding hydrogens is 297 g/mol. The fourth-order valence-corrected chi connectivity index (χ4v) is 0.850. The van der Waals surface area contributed by atoms with Crippen LogP contribution in [0.25, 0.3) is 0 Å². The molecule has 9 heavy (non-hydrogen) atoms. The number of hydrogen-bond donors (Lipinski definition) is 0. The maximum Gasteiger partial charge on any atom is -0.107 e. The van der Waals surface area contributed by atoms with Crippen molar-refractivity contribution in [2.75, 3.05) is 0 Å². The third-order valence-corrected chi connectivity index (χ3v) is 1.76. The predicted octanol–water partition coefficient (Wildman–Crippen LogP) is 2.91. The molecule has 0 nitrogen and oxygen atoms in total. The molecule has 0 radical (unpaired) electrons. The second kappa shape index (κ2) is 5.89. The van der Waals surface area contributed by atoms with Crippen molar-refractivity contribution in [1.82, 2.24) is 0 Å². The first kappa shape index (κ1) is 12.8. The molecule has 0 aromatic rings. The Kier molecular flexibility index (Phi) is 8.37. The molecule has 0 N–H and O–H groups in total. The summed E-state index contributed by atoms with van der Waals surface area (Å²) in [6, 6.07) is 0. The summed E-state index contributed by atoms with van der Waals surface area (Å²) in [5.41, 5.74) is 0. The van der Waals surface area contributed by atoms with Gasteiger partial charge in [-0.25, -0.2) is 0 Å². The standard InChI is InChI=1S/C4H6F3.HI.Zn/c1-2-3-4(5,6)7;;/h1-3H2;1H;. The van der Waals surface area contributed by atoms with Crippen molar-refractivity contribution in [3.63, 3.8) is 0 Å². The molecule has 0 aromatic carbocycles. The van der Waals surface area contributed by atoms with Crippen LogP contribution in [0.1, 0.15) is 12.8 Å². The first-order valence-electron chi connectivity index (χ1n) is 2.42. The van der Waals surface area contributed by atoms with Crippen molar-refractivity contribution < 1.29 is 31.5 Å². The van der Waals surface area contributed by atoms with Gasteiger partial charge in [0, 0.05) is 0 Å². The largest absolute Gasteiger partial charge is 0.107 e. The van der Waals surface area contributed by atoms with E-state index < -0.39 is 12.6 Å². The van der Waals surface area contributed by atoms with Crippen LogP contribution in [0.15, 0.2) is 0 Å². The fourth-order valence-electron chi connectivity index (χ4n) is 0.325. The van der Waals surface area contributed by atoms with Crippen LogP contribution in [-0.2, 0) is 18.3 Å². The van der Waals surface area contributed by atoms with Gasteiger partial charge >= 0.3 is 55.5 Å². The van der Waals surface area contributed by atoms with E-state index in [-0.39, 0.29) is 24.0 Å². The van der Waals surface area contributed by atoms with Crippen molar-refractivity contribution in [2.45, 2.75) is 24.0 Å². The minimum atomic E-state index is -3.93. The van der Waals surface area contributed by atoms with Crippen LogP contribution in [0.5, 0.6) is 0 Å². The Bertz CT molecular complexity index is 63.3. The van der Waals surface area contributed by atoms with Gasteiger partial charge in [-0.05, 0) is 0 Å². The summed E-state index contributed by atoms with van der Waals surface area (Å²) in [7, 11) is 0. The number of alkyl halides is 3. The zero-order valence-corrected chi connectivity index (χ0v) is 10.2. The Labute approximate surface area is 79.3 Å². The Morgan fingerprint density at radius 2 is 1.67 bits per heavy atom. The van der Waals surface area contributed by atoms with Gasteiger partial charge in [-0.3, -0.25) is 0 Å². The van der Waals surface area contributed by atoms with Crippen LogP contribution in [0, 0.1) is 0 Å². The molecule has 0 aliphatic rings. The first-order valence-corrected chi connectivity index (χ1v) is 4.52. The Hall–Kier alpha value is 1.14. The van der Waals surface area contributed by atoms with E-state index in [9.17, 15) is 13.2 Å². The fraction of sp³-hybridized carbons (Fsp3) is 1.00. The summed E-state index contributed by atoms with van der Waals surface area (Å²) in [5.74, 6) is 0. The smallest absolute Gasteiger partial charge is 0.107 e. The van der Waals surface area contributed by atoms with Crippen LogP contribution < -0.4 is 0 Å². The molecule has 5 heteroatoms. The van der Waals surface area contributed by atoms with Crippen molar-refractivity contribution in [2.24, 2.45) is 0 Å². The molecule has 0 fully saturated rings. The van der Waals surface area contributed by atoms with Crippen molar-refractivity contribution >= 4 is 24.0 Å². The molecule has 0 saturated carbocycles. The van der Waals surface area contributed by atoms with E-state index in [1.54, 1.807) is 0 Å². The topological polar surface area (TPSA) is 0 Å². The van der Waals surface area contributed by atoms with Gasteiger partial charge in [0.05, 0.1) is 0 Å². The van der Waals surface area contributed by atoms with E-state index in [1.807, 2.05) is 0 Å². The normalized spacial score (nSPS) is 10.8. The first-order chi connectivity index (χ1) is 3.56. The van der Waals surface area contributed by atoms with Gasteiger partial charge in [-0.15, -0.1) is 24.0 Å². The molecule has 0 spiro atoms. The SMILES string of the molecule is FC(F)(F)CC[CH2][Zn].I. The molecule has 53 valence electrons. The number of halogens is 4. The van der Waals surface area contributed by atoms with E-state index in [1.165, 1.54) is 0 Å². The molecule has 0 saturated heterocycles. The Morgan fingerprint density at radius 1 is 1.22 bits per heavy atom. The summed E-state index contributed by atoms with van der Waals surface area (Å²) in [6.45, 7) is 0. The molecule has 0 atom stereocenters. The summed E-state index contributed by atoms with van der Waals surface area (Å²) >= 11 is 0.968. The minimum Gasteiger partial charge on any atom is -0.107 e. The third-order valence-electron chi connectivity index (χ3n) is 0.710. The average Bonchev–Trinajstić information content (AvgIpc) is 1.59. The summed E-state index contributed by atoms with van der Waals surface area (Å²) in [6.07, 6.45) is -4.22.